The number of amides is 1. The second kappa shape index (κ2) is 6.95. The Hall–Kier alpha value is -1.26. The standard InChI is InChI=1S/C14H10Cl3NO2/c15-11-7-13(17)12(16)6-10(11)8-20-18-14(19)9-4-2-1-3-5-9/h1-7H,8H2,(H,18,19). The quantitative estimate of drug-likeness (QED) is 0.661. The van der Waals surface area contributed by atoms with Crippen LogP contribution < -0.4 is 5.48 Å². The average Bonchev–Trinajstić information content (AvgIpc) is 2.45. The molecule has 1 N–H and O–H groups in total. The van der Waals surface area contributed by atoms with Crippen molar-refractivity contribution >= 4 is 40.7 Å². The lowest BCUT2D eigenvalue weighted by atomic mass is 10.2. The summed E-state index contributed by atoms with van der Waals surface area (Å²) in [5.74, 6) is -0.332. The molecule has 0 radical (unpaired) electrons. The fraction of sp³-hybridized carbons (Fsp3) is 0.0714. The van der Waals surface area contributed by atoms with Gasteiger partial charge in [-0.3, -0.25) is 9.63 Å². The minimum atomic E-state index is -0.332. The van der Waals surface area contributed by atoms with Gasteiger partial charge in [0.25, 0.3) is 5.91 Å². The number of carbonyl (C=O) groups excluding carboxylic acids is 1. The van der Waals surface area contributed by atoms with Crippen molar-refractivity contribution in [3.05, 3.63) is 68.7 Å². The van der Waals surface area contributed by atoms with E-state index in [1.165, 1.54) is 6.07 Å². The predicted molar refractivity (Wildman–Crippen MR) is 80.2 cm³/mol. The third-order valence-electron chi connectivity index (χ3n) is 2.52. The molecule has 2 aromatic carbocycles. The maximum atomic E-state index is 11.7. The normalized spacial score (nSPS) is 10.3. The summed E-state index contributed by atoms with van der Waals surface area (Å²) < 4.78 is 0. The lowest BCUT2D eigenvalue weighted by Gasteiger charge is -2.08. The summed E-state index contributed by atoms with van der Waals surface area (Å²) in [6.07, 6.45) is 0. The van der Waals surface area contributed by atoms with Crippen LogP contribution in [0.15, 0.2) is 42.5 Å². The molecule has 0 saturated carbocycles. The molecule has 1 amide bonds. The second-order valence-electron chi connectivity index (χ2n) is 3.94. The molecule has 104 valence electrons. The zero-order chi connectivity index (χ0) is 14.5. The number of benzene rings is 2. The number of rotatable bonds is 4. The van der Waals surface area contributed by atoms with Gasteiger partial charge in [-0.2, -0.15) is 0 Å². The summed E-state index contributed by atoms with van der Waals surface area (Å²) >= 11 is 17.7. The molecule has 0 atom stereocenters. The van der Waals surface area contributed by atoms with Crippen molar-refractivity contribution in [3.8, 4) is 0 Å². The molecule has 2 rings (SSSR count). The van der Waals surface area contributed by atoms with Gasteiger partial charge in [0, 0.05) is 16.1 Å². The average molecular weight is 331 g/mol. The molecule has 0 heterocycles. The molecule has 6 heteroatoms. The third kappa shape index (κ3) is 3.87. The van der Waals surface area contributed by atoms with E-state index in [-0.39, 0.29) is 12.5 Å². The minimum Gasteiger partial charge on any atom is -0.269 e. The van der Waals surface area contributed by atoms with Crippen molar-refractivity contribution in [2.75, 3.05) is 0 Å². The fourth-order valence-corrected chi connectivity index (χ4v) is 2.13. The predicted octanol–water partition coefficient (Wildman–Crippen LogP) is 4.51. The van der Waals surface area contributed by atoms with Crippen molar-refractivity contribution in [3.63, 3.8) is 0 Å². The van der Waals surface area contributed by atoms with Crippen LogP contribution in [0.25, 0.3) is 0 Å². The van der Waals surface area contributed by atoms with Gasteiger partial charge < -0.3 is 0 Å². The number of hydroxylamine groups is 1. The highest BCUT2D eigenvalue weighted by Crippen LogP contribution is 2.29. The number of halogens is 3. The van der Waals surface area contributed by atoms with Gasteiger partial charge in [-0.05, 0) is 24.3 Å². The first-order valence-corrected chi connectivity index (χ1v) is 6.82. The maximum absolute atomic E-state index is 11.7. The number of nitrogens with one attached hydrogen (secondary N) is 1. The van der Waals surface area contributed by atoms with Gasteiger partial charge in [-0.1, -0.05) is 53.0 Å². The van der Waals surface area contributed by atoms with Crippen LogP contribution in [0.3, 0.4) is 0 Å². The Kier molecular flexibility index (Phi) is 5.26. The fourth-order valence-electron chi connectivity index (χ4n) is 1.50. The Bertz CT molecular complexity index is 617. The van der Waals surface area contributed by atoms with Gasteiger partial charge in [0.05, 0.1) is 10.0 Å². The van der Waals surface area contributed by atoms with Crippen LogP contribution in [0.2, 0.25) is 15.1 Å². The van der Waals surface area contributed by atoms with Crippen molar-refractivity contribution in [1.82, 2.24) is 5.48 Å². The molecule has 0 aliphatic rings. The topological polar surface area (TPSA) is 38.3 Å². The van der Waals surface area contributed by atoms with Crippen LogP contribution in [-0.2, 0) is 11.4 Å². The molecule has 0 aliphatic carbocycles. The van der Waals surface area contributed by atoms with Crippen LogP contribution >= 0.6 is 34.8 Å². The number of hydrogen-bond acceptors (Lipinski definition) is 2. The first kappa shape index (κ1) is 15.1. The van der Waals surface area contributed by atoms with Crippen LogP contribution in [0.5, 0.6) is 0 Å². The highest BCUT2D eigenvalue weighted by Gasteiger charge is 2.08. The lowest BCUT2D eigenvalue weighted by Crippen LogP contribution is -2.23. The summed E-state index contributed by atoms with van der Waals surface area (Å²) in [7, 11) is 0. The number of hydrogen-bond donors (Lipinski definition) is 1. The van der Waals surface area contributed by atoms with E-state index in [1.54, 1.807) is 30.3 Å². The van der Waals surface area contributed by atoms with E-state index in [1.807, 2.05) is 6.07 Å². The molecule has 20 heavy (non-hydrogen) atoms. The molecular formula is C14H10Cl3NO2. The van der Waals surface area contributed by atoms with Gasteiger partial charge in [-0.25, -0.2) is 5.48 Å². The van der Waals surface area contributed by atoms with Crippen LogP contribution in [-0.4, -0.2) is 5.91 Å². The van der Waals surface area contributed by atoms with Crippen molar-refractivity contribution < 1.29 is 9.63 Å². The molecule has 0 saturated heterocycles. The molecule has 0 aromatic heterocycles. The second-order valence-corrected chi connectivity index (χ2v) is 5.17. The highest BCUT2D eigenvalue weighted by molar-refractivity contribution is 6.43. The zero-order valence-electron chi connectivity index (χ0n) is 10.2. The summed E-state index contributed by atoms with van der Waals surface area (Å²) in [5.41, 5.74) is 3.48. The first-order valence-electron chi connectivity index (χ1n) is 5.68. The third-order valence-corrected chi connectivity index (χ3v) is 3.59. The maximum Gasteiger partial charge on any atom is 0.274 e. The van der Waals surface area contributed by atoms with E-state index in [0.717, 1.165) is 0 Å². The Labute approximate surface area is 131 Å². The molecule has 0 fully saturated rings. The smallest absolute Gasteiger partial charge is 0.269 e. The lowest BCUT2D eigenvalue weighted by molar-refractivity contribution is 0.0234. The largest absolute Gasteiger partial charge is 0.274 e. The van der Waals surface area contributed by atoms with Gasteiger partial charge in [-0.15, -0.1) is 0 Å². The molecule has 2 aromatic rings. The Morgan fingerprint density at radius 2 is 1.65 bits per heavy atom. The van der Waals surface area contributed by atoms with Crippen molar-refractivity contribution in [1.29, 1.82) is 0 Å². The van der Waals surface area contributed by atoms with E-state index in [0.29, 0.717) is 26.2 Å². The molecule has 0 unspecified atom stereocenters. The monoisotopic (exact) mass is 329 g/mol. The summed E-state index contributed by atoms with van der Waals surface area (Å²) in [6.45, 7) is 0.0916. The van der Waals surface area contributed by atoms with Crippen LogP contribution in [0.4, 0.5) is 0 Å². The molecule has 0 bridgehead atoms. The van der Waals surface area contributed by atoms with E-state index in [2.05, 4.69) is 5.48 Å². The Morgan fingerprint density at radius 3 is 2.35 bits per heavy atom. The van der Waals surface area contributed by atoms with Gasteiger partial charge >= 0.3 is 0 Å². The summed E-state index contributed by atoms with van der Waals surface area (Å²) in [5, 5.41) is 1.17. The van der Waals surface area contributed by atoms with E-state index >= 15 is 0 Å². The Morgan fingerprint density at radius 1 is 1.00 bits per heavy atom. The molecule has 0 spiro atoms. The van der Waals surface area contributed by atoms with Crippen molar-refractivity contribution in [2.24, 2.45) is 0 Å². The van der Waals surface area contributed by atoms with Crippen LogP contribution in [0.1, 0.15) is 15.9 Å². The van der Waals surface area contributed by atoms with E-state index < -0.39 is 0 Å². The van der Waals surface area contributed by atoms with Crippen LogP contribution in [0, 0.1) is 0 Å². The molecule has 0 aliphatic heterocycles. The highest BCUT2D eigenvalue weighted by atomic mass is 35.5. The van der Waals surface area contributed by atoms with E-state index in [4.69, 9.17) is 39.6 Å². The van der Waals surface area contributed by atoms with Gasteiger partial charge in [0.15, 0.2) is 0 Å². The minimum absolute atomic E-state index is 0.0916. The number of carbonyl (C=O) groups is 1. The first-order chi connectivity index (χ1) is 9.58. The van der Waals surface area contributed by atoms with Crippen molar-refractivity contribution in [2.45, 2.75) is 6.61 Å². The Balaban J connectivity index is 1.94. The SMILES string of the molecule is O=C(NOCc1cc(Cl)c(Cl)cc1Cl)c1ccccc1. The summed E-state index contributed by atoms with van der Waals surface area (Å²) in [4.78, 5) is 16.9. The molecule has 3 nitrogen and oxygen atoms in total. The van der Waals surface area contributed by atoms with Gasteiger partial charge in [0.1, 0.15) is 6.61 Å². The summed E-state index contributed by atoms with van der Waals surface area (Å²) in [6, 6.07) is 11.9. The van der Waals surface area contributed by atoms with E-state index in [9.17, 15) is 4.79 Å². The zero-order valence-corrected chi connectivity index (χ0v) is 12.5. The molecular weight excluding hydrogens is 321 g/mol. The van der Waals surface area contributed by atoms with Gasteiger partial charge in [0.2, 0.25) is 0 Å².